The van der Waals surface area contributed by atoms with Crippen LogP contribution < -0.4 is 5.32 Å². The number of hydrogen-bond donors (Lipinski definition) is 1. The predicted octanol–water partition coefficient (Wildman–Crippen LogP) is 2.54. The molecule has 1 aromatic heterocycles. The summed E-state index contributed by atoms with van der Waals surface area (Å²) in [4.78, 5) is 5.70. The molecule has 104 valence electrons. The van der Waals surface area contributed by atoms with E-state index in [2.05, 4.69) is 31.1 Å². The average molecular weight is 272 g/mol. The molecular formula is C13H24N2O2S. The molecule has 0 aromatic carbocycles. The first-order valence-corrected chi connectivity index (χ1v) is 6.94. The lowest BCUT2D eigenvalue weighted by Crippen LogP contribution is -2.39. The molecule has 1 aromatic rings. The van der Waals surface area contributed by atoms with E-state index in [4.69, 9.17) is 9.47 Å². The van der Waals surface area contributed by atoms with Gasteiger partial charge in [-0.15, -0.1) is 11.3 Å². The summed E-state index contributed by atoms with van der Waals surface area (Å²) in [6.45, 7) is 9.37. The number of nitrogens with one attached hydrogen (secondary N) is 1. The molecule has 0 saturated carbocycles. The lowest BCUT2D eigenvalue weighted by molar-refractivity contribution is -0.119. The minimum absolute atomic E-state index is 0.121. The molecule has 4 nitrogen and oxygen atoms in total. The normalized spacial score (nSPS) is 14.2. The van der Waals surface area contributed by atoms with Gasteiger partial charge in [0, 0.05) is 37.3 Å². The van der Waals surface area contributed by atoms with Crippen molar-refractivity contribution in [3.8, 4) is 0 Å². The van der Waals surface area contributed by atoms with E-state index < -0.39 is 0 Å². The van der Waals surface area contributed by atoms with E-state index in [0.717, 1.165) is 6.54 Å². The second kappa shape index (κ2) is 6.61. The van der Waals surface area contributed by atoms with Crippen LogP contribution in [-0.2, 0) is 21.4 Å². The number of aromatic nitrogens is 1. The summed E-state index contributed by atoms with van der Waals surface area (Å²) >= 11 is 1.75. The van der Waals surface area contributed by atoms with Crippen LogP contribution in [0.1, 0.15) is 37.6 Å². The summed E-state index contributed by atoms with van der Waals surface area (Å²) in [6, 6.07) is 0.139. The van der Waals surface area contributed by atoms with Crippen LogP contribution in [-0.4, -0.2) is 31.5 Å². The van der Waals surface area contributed by atoms with Gasteiger partial charge in [0.1, 0.15) is 0 Å². The van der Waals surface area contributed by atoms with Crippen molar-refractivity contribution in [3.05, 3.63) is 16.1 Å². The van der Waals surface area contributed by atoms with E-state index in [1.165, 1.54) is 9.88 Å². The number of methoxy groups -OCH3 is 2. The summed E-state index contributed by atoms with van der Waals surface area (Å²) in [5.74, 6) is 0. The fourth-order valence-corrected chi connectivity index (χ4v) is 2.52. The molecule has 0 bridgehead atoms. The second-order valence-electron chi connectivity index (χ2n) is 5.39. The van der Waals surface area contributed by atoms with Crippen LogP contribution in [0.5, 0.6) is 0 Å². The van der Waals surface area contributed by atoms with Gasteiger partial charge >= 0.3 is 0 Å². The highest BCUT2D eigenvalue weighted by Gasteiger charge is 2.19. The van der Waals surface area contributed by atoms with Gasteiger partial charge in [0.05, 0.1) is 11.0 Å². The maximum atomic E-state index is 5.21. The molecule has 0 aliphatic carbocycles. The molecule has 0 radical (unpaired) electrons. The largest absolute Gasteiger partial charge is 0.354 e. The standard InChI is InChI=1S/C13H24N2O2S/c1-9(11(16-5)17-6)14-7-10-8-15-12(18-10)13(2,3)4/h8-9,11,14H,7H2,1-6H3. The summed E-state index contributed by atoms with van der Waals surface area (Å²) < 4.78 is 10.4. The van der Waals surface area contributed by atoms with Crippen LogP contribution in [0.4, 0.5) is 0 Å². The van der Waals surface area contributed by atoms with Crippen LogP contribution in [0.15, 0.2) is 6.20 Å². The first-order chi connectivity index (χ1) is 8.38. The average Bonchev–Trinajstić information content (AvgIpc) is 2.76. The van der Waals surface area contributed by atoms with Crippen molar-refractivity contribution in [2.24, 2.45) is 0 Å². The van der Waals surface area contributed by atoms with E-state index in [0.29, 0.717) is 0 Å². The third-order valence-corrected chi connectivity index (χ3v) is 4.09. The Labute approximate surface area is 114 Å². The van der Waals surface area contributed by atoms with Crippen LogP contribution in [0.2, 0.25) is 0 Å². The van der Waals surface area contributed by atoms with Crippen molar-refractivity contribution < 1.29 is 9.47 Å². The molecule has 0 spiro atoms. The Morgan fingerprint density at radius 1 is 1.33 bits per heavy atom. The minimum Gasteiger partial charge on any atom is -0.354 e. The molecule has 0 aliphatic heterocycles. The van der Waals surface area contributed by atoms with Gasteiger partial charge in [-0.25, -0.2) is 4.98 Å². The summed E-state index contributed by atoms with van der Waals surface area (Å²) in [7, 11) is 3.30. The molecule has 0 fully saturated rings. The van der Waals surface area contributed by atoms with Gasteiger partial charge < -0.3 is 14.8 Å². The summed E-state index contributed by atoms with van der Waals surface area (Å²) in [5, 5.41) is 4.55. The topological polar surface area (TPSA) is 43.4 Å². The Kier molecular flexibility index (Phi) is 5.72. The van der Waals surface area contributed by atoms with Crippen LogP contribution in [0.25, 0.3) is 0 Å². The Bertz CT molecular complexity index is 356. The monoisotopic (exact) mass is 272 g/mol. The third-order valence-electron chi connectivity index (χ3n) is 2.67. The van der Waals surface area contributed by atoms with Crippen molar-refractivity contribution in [2.75, 3.05) is 14.2 Å². The minimum atomic E-state index is -0.222. The SMILES string of the molecule is COC(OC)C(C)NCc1cnc(C(C)(C)C)s1. The first-order valence-electron chi connectivity index (χ1n) is 6.12. The van der Waals surface area contributed by atoms with Crippen molar-refractivity contribution in [2.45, 2.75) is 52.0 Å². The quantitative estimate of drug-likeness (QED) is 0.808. The molecule has 18 heavy (non-hydrogen) atoms. The Balaban J connectivity index is 2.51. The zero-order chi connectivity index (χ0) is 13.8. The Morgan fingerprint density at radius 3 is 2.39 bits per heavy atom. The van der Waals surface area contributed by atoms with E-state index in [1.54, 1.807) is 25.6 Å². The number of nitrogens with zero attached hydrogens (tertiary/aromatic N) is 1. The molecule has 1 atom stereocenters. The molecule has 1 rings (SSSR count). The number of thiazole rings is 1. The van der Waals surface area contributed by atoms with Gasteiger partial charge in [-0.1, -0.05) is 20.8 Å². The fourth-order valence-electron chi connectivity index (χ4n) is 1.60. The first kappa shape index (κ1) is 15.6. The van der Waals surface area contributed by atoms with Crippen LogP contribution in [0, 0.1) is 0 Å². The van der Waals surface area contributed by atoms with Gasteiger partial charge in [-0.3, -0.25) is 0 Å². The molecule has 0 aliphatic rings. The van der Waals surface area contributed by atoms with Gasteiger partial charge in [0.25, 0.3) is 0 Å². The molecule has 0 saturated heterocycles. The highest BCUT2D eigenvalue weighted by Crippen LogP contribution is 2.26. The molecule has 1 heterocycles. The predicted molar refractivity (Wildman–Crippen MR) is 74.9 cm³/mol. The van der Waals surface area contributed by atoms with E-state index in [-0.39, 0.29) is 17.7 Å². The maximum absolute atomic E-state index is 5.21. The molecule has 0 amide bonds. The van der Waals surface area contributed by atoms with Crippen molar-refractivity contribution >= 4 is 11.3 Å². The lowest BCUT2D eigenvalue weighted by atomic mass is 9.98. The van der Waals surface area contributed by atoms with E-state index in [9.17, 15) is 0 Å². The number of rotatable bonds is 6. The zero-order valence-corrected chi connectivity index (χ0v) is 12.9. The van der Waals surface area contributed by atoms with Gasteiger partial charge in [0.2, 0.25) is 0 Å². The van der Waals surface area contributed by atoms with Crippen molar-refractivity contribution in [1.29, 1.82) is 0 Å². The fraction of sp³-hybridized carbons (Fsp3) is 0.769. The highest BCUT2D eigenvalue weighted by molar-refractivity contribution is 7.11. The molecular weight excluding hydrogens is 248 g/mol. The Hall–Kier alpha value is -0.490. The Morgan fingerprint density at radius 2 is 1.94 bits per heavy atom. The number of ether oxygens (including phenoxy) is 2. The van der Waals surface area contributed by atoms with Gasteiger partial charge in [0.15, 0.2) is 6.29 Å². The highest BCUT2D eigenvalue weighted by atomic mass is 32.1. The van der Waals surface area contributed by atoms with E-state index in [1.807, 2.05) is 13.1 Å². The van der Waals surface area contributed by atoms with E-state index >= 15 is 0 Å². The lowest BCUT2D eigenvalue weighted by Gasteiger charge is -2.21. The third kappa shape index (κ3) is 4.31. The molecule has 5 heteroatoms. The smallest absolute Gasteiger partial charge is 0.171 e. The zero-order valence-electron chi connectivity index (χ0n) is 12.1. The van der Waals surface area contributed by atoms with Crippen LogP contribution >= 0.6 is 11.3 Å². The summed E-state index contributed by atoms with van der Waals surface area (Å²) in [6.07, 6.45) is 1.72. The number of hydrogen-bond acceptors (Lipinski definition) is 5. The second-order valence-corrected chi connectivity index (χ2v) is 6.51. The molecule has 1 N–H and O–H groups in total. The van der Waals surface area contributed by atoms with Gasteiger partial charge in [-0.2, -0.15) is 0 Å². The van der Waals surface area contributed by atoms with Gasteiger partial charge in [-0.05, 0) is 6.92 Å². The summed E-state index contributed by atoms with van der Waals surface area (Å²) in [5.41, 5.74) is 0.121. The molecule has 1 unspecified atom stereocenters. The van der Waals surface area contributed by atoms with Crippen molar-refractivity contribution in [3.63, 3.8) is 0 Å². The van der Waals surface area contributed by atoms with Crippen molar-refractivity contribution in [1.82, 2.24) is 10.3 Å². The van der Waals surface area contributed by atoms with Crippen LogP contribution in [0.3, 0.4) is 0 Å². The maximum Gasteiger partial charge on any atom is 0.171 e.